The van der Waals surface area contributed by atoms with E-state index >= 15 is 0 Å². The summed E-state index contributed by atoms with van der Waals surface area (Å²) < 4.78 is 28.7. The highest BCUT2D eigenvalue weighted by Crippen LogP contribution is 2.24. The Morgan fingerprint density at radius 2 is 2.09 bits per heavy atom. The van der Waals surface area contributed by atoms with Crippen LogP contribution < -0.4 is 0 Å². The lowest BCUT2D eigenvalue weighted by atomic mass is 10.0. The van der Waals surface area contributed by atoms with Crippen LogP contribution in [0.5, 0.6) is 0 Å². The van der Waals surface area contributed by atoms with Crippen LogP contribution in [0.2, 0.25) is 0 Å². The molecule has 0 saturated carbocycles. The standard InChI is InChI=1S/C16H18F2N4O/c1-10-19-11(2)22(20-10)13-4-3-7-21(9-13)16(23)14-6-5-12(17)8-15(14)18/h5-6,8,13H,3-4,7,9H2,1-2H3. The van der Waals surface area contributed by atoms with E-state index in [0.717, 1.165) is 30.8 Å². The molecule has 1 aliphatic rings. The van der Waals surface area contributed by atoms with Crippen molar-refractivity contribution in [3.63, 3.8) is 0 Å². The molecule has 0 bridgehead atoms. The van der Waals surface area contributed by atoms with Crippen molar-refractivity contribution in [3.8, 4) is 0 Å². The maximum Gasteiger partial charge on any atom is 0.256 e. The van der Waals surface area contributed by atoms with Gasteiger partial charge in [-0.1, -0.05) is 0 Å². The molecule has 0 radical (unpaired) electrons. The second-order valence-electron chi connectivity index (χ2n) is 5.82. The molecule has 0 aliphatic carbocycles. The van der Waals surface area contributed by atoms with E-state index in [1.165, 1.54) is 6.07 Å². The summed E-state index contributed by atoms with van der Waals surface area (Å²) in [7, 11) is 0. The van der Waals surface area contributed by atoms with Crippen molar-refractivity contribution in [1.29, 1.82) is 0 Å². The lowest BCUT2D eigenvalue weighted by Gasteiger charge is -2.33. The largest absolute Gasteiger partial charge is 0.336 e. The molecule has 0 N–H and O–H groups in total. The first-order valence-corrected chi connectivity index (χ1v) is 7.60. The lowest BCUT2D eigenvalue weighted by molar-refractivity contribution is 0.0666. The summed E-state index contributed by atoms with van der Waals surface area (Å²) in [4.78, 5) is 18.4. The molecule has 2 heterocycles. The molecule has 1 aromatic carbocycles. The highest BCUT2D eigenvalue weighted by atomic mass is 19.1. The minimum Gasteiger partial charge on any atom is -0.336 e. The third-order valence-corrected chi connectivity index (χ3v) is 4.10. The van der Waals surface area contributed by atoms with Crippen molar-refractivity contribution in [3.05, 3.63) is 47.0 Å². The van der Waals surface area contributed by atoms with Crippen molar-refractivity contribution in [2.75, 3.05) is 13.1 Å². The average Bonchev–Trinajstić information content (AvgIpc) is 2.85. The van der Waals surface area contributed by atoms with E-state index in [4.69, 9.17) is 0 Å². The number of carbonyl (C=O) groups is 1. The molecule has 1 fully saturated rings. The van der Waals surface area contributed by atoms with Gasteiger partial charge in [-0.05, 0) is 38.8 Å². The zero-order valence-corrected chi connectivity index (χ0v) is 13.1. The number of amides is 1. The second kappa shape index (κ2) is 6.06. The van der Waals surface area contributed by atoms with Crippen molar-refractivity contribution in [1.82, 2.24) is 19.7 Å². The summed E-state index contributed by atoms with van der Waals surface area (Å²) in [6.07, 6.45) is 1.69. The van der Waals surface area contributed by atoms with Gasteiger partial charge in [-0.2, -0.15) is 5.10 Å². The van der Waals surface area contributed by atoms with Gasteiger partial charge >= 0.3 is 0 Å². The fourth-order valence-corrected chi connectivity index (χ4v) is 3.05. The third kappa shape index (κ3) is 3.09. The van der Waals surface area contributed by atoms with Crippen LogP contribution in [0, 0.1) is 25.5 Å². The van der Waals surface area contributed by atoms with Gasteiger partial charge in [0.2, 0.25) is 0 Å². The number of benzene rings is 1. The number of halogens is 2. The molecule has 5 nitrogen and oxygen atoms in total. The molecular formula is C16H18F2N4O. The Bertz CT molecular complexity index is 744. The molecular weight excluding hydrogens is 302 g/mol. The maximum absolute atomic E-state index is 13.8. The summed E-state index contributed by atoms with van der Waals surface area (Å²) >= 11 is 0. The van der Waals surface area contributed by atoms with Crippen LogP contribution >= 0.6 is 0 Å². The number of rotatable bonds is 2. The summed E-state index contributed by atoms with van der Waals surface area (Å²) in [5.74, 6) is -0.443. The van der Waals surface area contributed by atoms with Gasteiger partial charge in [0.25, 0.3) is 5.91 Å². The number of carbonyl (C=O) groups excluding carboxylic acids is 1. The molecule has 1 aliphatic heterocycles. The summed E-state index contributed by atoms with van der Waals surface area (Å²) in [6, 6.07) is 3.06. The van der Waals surface area contributed by atoms with Crippen LogP contribution in [-0.4, -0.2) is 38.7 Å². The van der Waals surface area contributed by atoms with Crippen molar-refractivity contribution in [2.45, 2.75) is 32.7 Å². The van der Waals surface area contributed by atoms with E-state index in [9.17, 15) is 13.6 Å². The molecule has 0 spiro atoms. The van der Waals surface area contributed by atoms with E-state index in [1.54, 1.807) is 4.90 Å². The van der Waals surface area contributed by atoms with E-state index < -0.39 is 17.5 Å². The van der Waals surface area contributed by atoms with Crippen LogP contribution in [0.4, 0.5) is 8.78 Å². The van der Waals surface area contributed by atoms with Crippen LogP contribution in [0.3, 0.4) is 0 Å². The highest BCUT2D eigenvalue weighted by molar-refractivity contribution is 5.94. The van der Waals surface area contributed by atoms with E-state index in [-0.39, 0.29) is 11.6 Å². The van der Waals surface area contributed by atoms with Crippen LogP contribution in [0.1, 0.15) is 40.9 Å². The predicted molar refractivity (Wildman–Crippen MR) is 80.0 cm³/mol. The molecule has 7 heteroatoms. The van der Waals surface area contributed by atoms with E-state index in [2.05, 4.69) is 10.1 Å². The topological polar surface area (TPSA) is 51.0 Å². The fraction of sp³-hybridized carbons (Fsp3) is 0.438. The number of likely N-dealkylation sites (tertiary alicyclic amines) is 1. The zero-order chi connectivity index (χ0) is 16.6. The lowest BCUT2D eigenvalue weighted by Crippen LogP contribution is -2.41. The number of aromatic nitrogens is 3. The monoisotopic (exact) mass is 320 g/mol. The Morgan fingerprint density at radius 1 is 1.30 bits per heavy atom. The maximum atomic E-state index is 13.8. The number of hydrogen-bond acceptors (Lipinski definition) is 3. The Labute approximate surface area is 132 Å². The van der Waals surface area contributed by atoms with Crippen molar-refractivity contribution < 1.29 is 13.6 Å². The molecule has 2 aromatic rings. The van der Waals surface area contributed by atoms with E-state index in [1.807, 2.05) is 18.5 Å². The number of aryl methyl sites for hydroxylation is 2. The minimum atomic E-state index is -0.829. The molecule has 1 unspecified atom stereocenters. The van der Waals surface area contributed by atoms with Gasteiger partial charge in [0.1, 0.15) is 23.3 Å². The fourth-order valence-electron chi connectivity index (χ4n) is 3.05. The average molecular weight is 320 g/mol. The normalized spacial score (nSPS) is 18.3. The first-order chi connectivity index (χ1) is 11.0. The first-order valence-electron chi connectivity index (χ1n) is 7.60. The molecule has 1 aromatic heterocycles. The first kappa shape index (κ1) is 15.6. The van der Waals surface area contributed by atoms with Gasteiger partial charge in [0.15, 0.2) is 0 Å². The van der Waals surface area contributed by atoms with Crippen LogP contribution in [0.25, 0.3) is 0 Å². The van der Waals surface area contributed by atoms with Gasteiger partial charge in [0.05, 0.1) is 11.6 Å². The molecule has 1 atom stereocenters. The zero-order valence-electron chi connectivity index (χ0n) is 13.1. The van der Waals surface area contributed by atoms with Crippen LogP contribution in [0.15, 0.2) is 18.2 Å². The summed E-state index contributed by atoms with van der Waals surface area (Å²) in [5, 5.41) is 4.37. The van der Waals surface area contributed by atoms with Gasteiger partial charge < -0.3 is 4.90 Å². The van der Waals surface area contributed by atoms with E-state index in [0.29, 0.717) is 18.9 Å². The molecule has 122 valence electrons. The van der Waals surface area contributed by atoms with Gasteiger partial charge in [-0.25, -0.2) is 18.4 Å². The molecule has 3 rings (SSSR count). The minimum absolute atomic E-state index is 0.0254. The van der Waals surface area contributed by atoms with Crippen LogP contribution in [-0.2, 0) is 0 Å². The number of nitrogens with zero attached hydrogens (tertiary/aromatic N) is 4. The Hall–Kier alpha value is -2.31. The molecule has 1 amide bonds. The van der Waals surface area contributed by atoms with Gasteiger partial charge in [-0.15, -0.1) is 0 Å². The quantitative estimate of drug-likeness (QED) is 0.855. The summed E-state index contributed by atoms with van der Waals surface area (Å²) in [5.41, 5.74) is -0.0986. The SMILES string of the molecule is Cc1nc(C)n(C2CCCN(C(=O)c3ccc(F)cc3F)C2)n1. The Morgan fingerprint density at radius 3 is 2.74 bits per heavy atom. The van der Waals surface area contributed by atoms with Crippen molar-refractivity contribution >= 4 is 5.91 Å². The third-order valence-electron chi connectivity index (χ3n) is 4.10. The Balaban J connectivity index is 1.80. The van der Waals surface area contributed by atoms with Gasteiger partial charge in [-0.3, -0.25) is 4.79 Å². The van der Waals surface area contributed by atoms with Gasteiger partial charge in [0, 0.05) is 19.2 Å². The van der Waals surface area contributed by atoms with Crippen molar-refractivity contribution in [2.24, 2.45) is 0 Å². The number of hydrogen-bond donors (Lipinski definition) is 0. The predicted octanol–water partition coefficient (Wildman–Crippen LogP) is 2.65. The Kier molecular flexibility index (Phi) is 4.11. The molecule has 1 saturated heterocycles. The smallest absolute Gasteiger partial charge is 0.256 e. The molecule has 23 heavy (non-hydrogen) atoms. The number of piperidine rings is 1. The highest BCUT2D eigenvalue weighted by Gasteiger charge is 2.28. The summed E-state index contributed by atoms with van der Waals surface area (Å²) in [6.45, 7) is 4.70. The second-order valence-corrected chi connectivity index (χ2v) is 5.82.